The largest absolute Gasteiger partial charge is 0.350 e. The van der Waals surface area contributed by atoms with Crippen LogP contribution in [0.4, 0.5) is 5.82 Å². The smallest absolute Gasteiger partial charge is 0.293 e. The lowest BCUT2D eigenvalue weighted by Crippen LogP contribution is -2.50. The summed E-state index contributed by atoms with van der Waals surface area (Å²) in [6.07, 6.45) is 10.4. The molecule has 0 aliphatic carbocycles. The zero-order valence-corrected chi connectivity index (χ0v) is 14.4. The van der Waals surface area contributed by atoms with Gasteiger partial charge in [0, 0.05) is 63.6 Å². The fraction of sp³-hybridized carbons (Fsp3) is 0.588. The Kier molecular flexibility index (Phi) is 5.30. The van der Waals surface area contributed by atoms with Crippen molar-refractivity contribution in [3.63, 3.8) is 0 Å². The third-order valence-electron chi connectivity index (χ3n) is 4.59. The predicted octanol–water partition coefficient (Wildman–Crippen LogP) is 1.01. The van der Waals surface area contributed by atoms with Crippen LogP contribution in [0.3, 0.4) is 0 Å². The molecule has 1 aliphatic rings. The highest BCUT2D eigenvalue weighted by atomic mass is 16.1. The van der Waals surface area contributed by atoms with Gasteiger partial charge in [0.1, 0.15) is 0 Å². The van der Waals surface area contributed by atoms with Crippen molar-refractivity contribution in [2.75, 3.05) is 18.0 Å². The average molecular weight is 330 g/mol. The van der Waals surface area contributed by atoms with Crippen molar-refractivity contribution in [2.45, 2.75) is 44.8 Å². The molecule has 1 saturated heterocycles. The van der Waals surface area contributed by atoms with E-state index in [9.17, 15) is 4.79 Å². The molecule has 0 bridgehead atoms. The van der Waals surface area contributed by atoms with Crippen molar-refractivity contribution in [1.82, 2.24) is 24.6 Å². The number of hydrogen-bond acceptors (Lipinski definition) is 5. The molecule has 0 aromatic carbocycles. The molecular formula is C17H26N6O. The van der Waals surface area contributed by atoms with Gasteiger partial charge < -0.3 is 14.8 Å². The zero-order valence-electron chi connectivity index (χ0n) is 14.4. The average Bonchev–Trinajstić information content (AvgIpc) is 3.09. The van der Waals surface area contributed by atoms with Crippen LogP contribution in [0.25, 0.3) is 0 Å². The molecule has 7 nitrogen and oxygen atoms in total. The number of anilines is 1. The Morgan fingerprint density at radius 2 is 2.25 bits per heavy atom. The van der Waals surface area contributed by atoms with E-state index in [4.69, 9.17) is 0 Å². The second-order valence-corrected chi connectivity index (χ2v) is 6.58. The molecule has 0 unspecified atom stereocenters. The molecule has 1 N–H and O–H groups in total. The van der Waals surface area contributed by atoms with Crippen LogP contribution in [-0.2, 0) is 13.6 Å². The van der Waals surface area contributed by atoms with Crippen LogP contribution in [0.15, 0.2) is 35.6 Å². The third-order valence-corrected chi connectivity index (χ3v) is 4.59. The van der Waals surface area contributed by atoms with Crippen molar-refractivity contribution in [3.8, 4) is 0 Å². The third kappa shape index (κ3) is 4.03. The SMILES string of the molecule is C[C@@H](CCn1cccn1)N[C@H]1CCCN(c2nccn(C)c2=O)C1. The molecule has 1 fully saturated rings. The van der Waals surface area contributed by atoms with E-state index < -0.39 is 0 Å². The quantitative estimate of drug-likeness (QED) is 0.856. The fourth-order valence-electron chi connectivity index (χ4n) is 3.25. The topological polar surface area (TPSA) is 68.0 Å². The van der Waals surface area contributed by atoms with Crippen LogP contribution < -0.4 is 15.8 Å². The maximum Gasteiger partial charge on any atom is 0.293 e. The lowest BCUT2D eigenvalue weighted by molar-refractivity contribution is 0.359. The number of aryl methyl sites for hydroxylation is 2. The summed E-state index contributed by atoms with van der Waals surface area (Å²) in [6.45, 7) is 4.85. The van der Waals surface area contributed by atoms with Crippen molar-refractivity contribution >= 4 is 5.82 Å². The predicted molar refractivity (Wildman–Crippen MR) is 94.2 cm³/mol. The minimum absolute atomic E-state index is 0.0233. The summed E-state index contributed by atoms with van der Waals surface area (Å²) in [5.41, 5.74) is -0.0233. The normalized spacial score (nSPS) is 19.4. The van der Waals surface area contributed by atoms with Gasteiger partial charge in [-0.05, 0) is 32.3 Å². The van der Waals surface area contributed by atoms with E-state index in [0.29, 0.717) is 17.9 Å². The van der Waals surface area contributed by atoms with Crippen molar-refractivity contribution in [3.05, 3.63) is 41.2 Å². The molecule has 2 aromatic rings. The van der Waals surface area contributed by atoms with Gasteiger partial charge >= 0.3 is 0 Å². The summed E-state index contributed by atoms with van der Waals surface area (Å²) in [4.78, 5) is 18.7. The molecule has 1 aliphatic heterocycles. The van der Waals surface area contributed by atoms with E-state index >= 15 is 0 Å². The van der Waals surface area contributed by atoms with E-state index in [1.165, 1.54) is 0 Å². The monoisotopic (exact) mass is 330 g/mol. The van der Waals surface area contributed by atoms with Gasteiger partial charge in [0.25, 0.3) is 5.56 Å². The molecule has 3 heterocycles. The van der Waals surface area contributed by atoms with Gasteiger partial charge in [0.2, 0.25) is 0 Å². The van der Waals surface area contributed by atoms with E-state index in [1.54, 1.807) is 24.0 Å². The zero-order chi connectivity index (χ0) is 16.9. The Bertz CT molecular complexity index is 695. The molecular weight excluding hydrogens is 304 g/mol. The Labute approximate surface area is 142 Å². The van der Waals surface area contributed by atoms with Gasteiger partial charge in [0.15, 0.2) is 5.82 Å². The Balaban J connectivity index is 1.55. The maximum absolute atomic E-state index is 12.3. The van der Waals surface area contributed by atoms with Gasteiger partial charge in [-0.3, -0.25) is 9.48 Å². The van der Waals surface area contributed by atoms with Gasteiger partial charge in [0.05, 0.1) is 0 Å². The van der Waals surface area contributed by atoms with Gasteiger partial charge in [-0.1, -0.05) is 0 Å². The maximum atomic E-state index is 12.3. The van der Waals surface area contributed by atoms with Gasteiger partial charge in [-0.25, -0.2) is 4.98 Å². The standard InChI is InChI=1S/C17H26N6O/c1-14(6-11-23-10-4-7-19-23)20-15-5-3-9-22(13-15)16-17(24)21(2)12-8-18-16/h4,7-8,10,12,14-15,20H,3,5-6,9,11,13H2,1-2H3/t14-,15-/m0/s1. The molecule has 2 atom stereocenters. The highest BCUT2D eigenvalue weighted by Gasteiger charge is 2.23. The molecule has 130 valence electrons. The van der Waals surface area contributed by atoms with Gasteiger partial charge in [-0.15, -0.1) is 0 Å². The molecule has 0 saturated carbocycles. The van der Waals surface area contributed by atoms with Crippen molar-refractivity contribution < 1.29 is 0 Å². The first-order chi connectivity index (χ1) is 11.6. The van der Waals surface area contributed by atoms with Crippen molar-refractivity contribution in [1.29, 1.82) is 0 Å². The summed E-state index contributed by atoms with van der Waals surface area (Å²) in [5.74, 6) is 0.565. The highest BCUT2D eigenvalue weighted by molar-refractivity contribution is 5.36. The number of nitrogens with one attached hydrogen (secondary N) is 1. The summed E-state index contributed by atoms with van der Waals surface area (Å²) >= 11 is 0. The highest BCUT2D eigenvalue weighted by Crippen LogP contribution is 2.15. The second-order valence-electron chi connectivity index (χ2n) is 6.58. The molecule has 0 spiro atoms. The van der Waals surface area contributed by atoms with Crippen LogP contribution in [0.5, 0.6) is 0 Å². The van der Waals surface area contributed by atoms with Crippen LogP contribution in [0.1, 0.15) is 26.2 Å². The Morgan fingerprint density at radius 3 is 3.04 bits per heavy atom. The minimum Gasteiger partial charge on any atom is -0.350 e. The van der Waals surface area contributed by atoms with E-state index in [2.05, 4.69) is 27.2 Å². The molecule has 0 radical (unpaired) electrons. The van der Waals surface area contributed by atoms with Gasteiger partial charge in [-0.2, -0.15) is 5.10 Å². The fourth-order valence-corrected chi connectivity index (χ4v) is 3.25. The number of piperidine rings is 1. The Morgan fingerprint density at radius 1 is 1.38 bits per heavy atom. The number of rotatable bonds is 6. The first-order valence-electron chi connectivity index (χ1n) is 8.63. The second kappa shape index (κ2) is 7.61. The van der Waals surface area contributed by atoms with Crippen LogP contribution in [0.2, 0.25) is 0 Å². The summed E-state index contributed by atoms with van der Waals surface area (Å²) in [5, 5.41) is 7.94. The summed E-state index contributed by atoms with van der Waals surface area (Å²) in [7, 11) is 1.77. The van der Waals surface area contributed by atoms with Crippen LogP contribution in [-0.4, -0.2) is 44.5 Å². The first kappa shape index (κ1) is 16.7. The molecule has 2 aromatic heterocycles. The lowest BCUT2D eigenvalue weighted by Gasteiger charge is -2.35. The number of aromatic nitrogens is 4. The summed E-state index contributed by atoms with van der Waals surface area (Å²) in [6, 6.07) is 2.74. The minimum atomic E-state index is -0.0233. The molecule has 7 heteroatoms. The molecule has 24 heavy (non-hydrogen) atoms. The van der Waals surface area contributed by atoms with Crippen molar-refractivity contribution in [2.24, 2.45) is 7.05 Å². The van der Waals surface area contributed by atoms with Crippen LogP contribution >= 0.6 is 0 Å². The molecule has 0 amide bonds. The van der Waals surface area contributed by atoms with E-state index in [1.807, 2.05) is 23.1 Å². The number of nitrogens with zero attached hydrogens (tertiary/aromatic N) is 5. The van der Waals surface area contributed by atoms with Crippen LogP contribution in [0, 0.1) is 0 Å². The summed E-state index contributed by atoms with van der Waals surface area (Å²) < 4.78 is 3.55. The van der Waals surface area contributed by atoms with E-state index in [-0.39, 0.29) is 5.56 Å². The number of hydrogen-bond donors (Lipinski definition) is 1. The first-order valence-corrected chi connectivity index (χ1v) is 8.63. The molecule has 3 rings (SSSR count). The van der Waals surface area contributed by atoms with E-state index in [0.717, 1.165) is 38.9 Å². The lowest BCUT2D eigenvalue weighted by atomic mass is 10.0. The Hall–Kier alpha value is -2.15.